The molecule has 0 unspecified atom stereocenters. The minimum atomic E-state index is 1.28. The largest absolute Gasteiger partial charge is 0.219 e. The lowest BCUT2D eigenvalue weighted by Crippen LogP contribution is -2.18. The van der Waals surface area contributed by atoms with Crippen LogP contribution in [0.15, 0.2) is 0 Å². The smallest absolute Gasteiger partial charge is 0.205 e. The molecule has 0 aliphatic carbocycles. The lowest BCUT2D eigenvalue weighted by molar-refractivity contribution is 0.566. The molecule has 0 bridgehead atoms. The lowest BCUT2D eigenvalue weighted by atomic mass is 11.3. The fraction of sp³-hybridized carbons (Fsp3) is 0.500. The lowest BCUT2D eigenvalue weighted by Gasteiger charge is -1.97. The Kier molecular flexibility index (Phi) is 3.17. The fourth-order valence-electron chi connectivity index (χ4n) is 0.0500. The zero-order valence-corrected chi connectivity index (χ0v) is 5.43. The Morgan fingerprint density at radius 1 is 2.00 bits per heavy atom. The third kappa shape index (κ3) is 2.23. The van der Waals surface area contributed by atoms with Gasteiger partial charge in [-0.1, -0.05) is 0 Å². The molecule has 6 heavy (non-hydrogen) atoms. The molecular formula is C2H4IN3. The van der Waals surface area contributed by atoms with Crippen molar-refractivity contribution in [3.8, 4) is 6.19 Å². The topological polar surface area (TPSA) is 39.1 Å². The molecule has 0 aromatic carbocycles. The van der Waals surface area contributed by atoms with Gasteiger partial charge >= 0.3 is 0 Å². The van der Waals surface area contributed by atoms with Crippen LogP contribution in [0.4, 0.5) is 0 Å². The summed E-state index contributed by atoms with van der Waals surface area (Å²) in [6, 6.07) is 0. The maximum atomic E-state index is 7.94. The van der Waals surface area contributed by atoms with Crippen LogP contribution < -0.4 is 5.43 Å². The molecule has 0 radical (unpaired) electrons. The fourth-order valence-corrected chi connectivity index (χ4v) is 0.0500. The summed E-state index contributed by atoms with van der Waals surface area (Å²) < 4.78 is 1.28. The first-order valence-corrected chi connectivity index (χ1v) is 2.30. The average molecular weight is 197 g/mol. The number of nitrogens with one attached hydrogen (secondary N) is 1. The molecule has 0 saturated carbocycles. The van der Waals surface area contributed by atoms with Crippen molar-refractivity contribution < 1.29 is 0 Å². The van der Waals surface area contributed by atoms with Gasteiger partial charge in [0.25, 0.3) is 0 Å². The first-order valence-electron chi connectivity index (χ1n) is 1.34. The highest BCUT2D eigenvalue weighted by atomic mass is 127. The molecule has 1 N–H and O–H groups in total. The molecule has 0 aliphatic heterocycles. The van der Waals surface area contributed by atoms with Crippen molar-refractivity contribution in [2.75, 3.05) is 7.05 Å². The van der Waals surface area contributed by atoms with Crippen molar-refractivity contribution in [3.63, 3.8) is 0 Å². The van der Waals surface area contributed by atoms with Crippen LogP contribution in [0.2, 0.25) is 0 Å². The van der Waals surface area contributed by atoms with Crippen molar-refractivity contribution in [2.24, 2.45) is 0 Å². The number of hydrogen-bond donors (Lipinski definition) is 1. The molecule has 0 amide bonds. The van der Waals surface area contributed by atoms with E-state index in [9.17, 15) is 0 Å². The number of halogens is 1. The van der Waals surface area contributed by atoms with Gasteiger partial charge in [-0.25, -0.2) is 5.43 Å². The van der Waals surface area contributed by atoms with E-state index in [0.717, 1.165) is 0 Å². The average Bonchev–Trinajstić information content (AvgIpc) is 1.65. The van der Waals surface area contributed by atoms with E-state index < -0.39 is 0 Å². The van der Waals surface area contributed by atoms with Crippen LogP contribution >= 0.6 is 22.9 Å². The SMILES string of the molecule is CNN(I)C#N. The molecule has 0 aliphatic rings. The van der Waals surface area contributed by atoms with Crippen molar-refractivity contribution in [1.29, 1.82) is 5.26 Å². The predicted molar refractivity (Wildman–Crippen MR) is 30.5 cm³/mol. The molecule has 0 aromatic heterocycles. The standard InChI is InChI=1S/C2H4IN3/c1-5-6(3)2-4/h5H,1H3. The quantitative estimate of drug-likeness (QED) is 0.215. The van der Waals surface area contributed by atoms with Gasteiger partial charge < -0.3 is 0 Å². The second-order valence-corrected chi connectivity index (χ2v) is 1.57. The monoisotopic (exact) mass is 197 g/mol. The molecule has 0 heterocycles. The summed E-state index contributed by atoms with van der Waals surface area (Å²) in [5.74, 6) is 0. The summed E-state index contributed by atoms with van der Waals surface area (Å²) in [5.41, 5.74) is 2.57. The van der Waals surface area contributed by atoms with E-state index in [1.165, 1.54) is 3.22 Å². The molecule has 0 rings (SSSR count). The summed E-state index contributed by atoms with van der Waals surface area (Å²) in [4.78, 5) is 0. The number of hydrazine groups is 1. The number of nitrogens with zero attached hydrogens (tertiary/aromatic N) is 2. The summed E-state index contributed by atoms with van der Waals surface area (Å²) in [7, 11) is 1.68. The highest BCUT2D eigenvalue weighted by Gasteiger charge is 1.80. The van der Waals surface area contributed by atoms with E-state index in [1.807, 2.05) is 29.1 Å². The maximum absolute atomic E-state index is 7.94. The van der Waals surface area contributed by atoms with Gasteiger partial charge in [0.2, 0.25) is 6.19 Å². The molecule has 0 saturated heterocycles. The van der Waals surface area contributed by atoms with Crippen molar-refractivity contribution in [3.05, 3.63) is 0 Å². The zero-order chi connectivity index (χ0) is 4.99. The first-order chi connectivity index (χ1) is 2.81. The highest BCUT2D eigenvalue weighted by molar-refractivity contribution is 14.1. The Labute approximate surface area is 50.4 Å². The molecule has 0 aromatic rings. The Morgan fingerprint density at radius 2 is 2.50 bits per heavy atom. The summed E-state index contributed by atoms with van der Waals surface area (Å²) >= 11 is 1.83. The molecule has 0 atom stereocenters. The van der Waals surface area contributed by atoms with E-state index in [2.05, 4.69) is 5.43 Å². The van der Waals surface area contributed by atoms with Gasteiger partial charge in [-0.15, -0.1) is 0 Å². The highest BCUT2D eigenvalue weighted by Crippen LogP contribution is 1.83. The van der Waals surface area contributed by atoms with Crippen LogP contribution in [0.1, 0.15) is 0 Å². The van der Waals surface area contributed by atoms with Gasteiger partial charge in [0.15, 0.2) is 0 Å². The van der Waals surface area contributed by atoms with Gasteiger partial charge in [-0.2, -0.15) is 8.48 Å². The molecule has 3 nitrogen and oxygen atoms in total. The van der Waals surface area contributed by atoms with E-state index in [0.29, 0.717) is 0 Å². The third-order valence-electron chi connectivity index (χ3n) is 0.284. The van der Waals surface area contributed by atoms with Crippen molar-refractivity contribution in [1.82, 2.24) is 8.65 Å². The van der Waals surface area contributed by atoms with Crippen LogP contribution in [0.3, 0.4) is 0 Å². The van der Waals surface area contributed by atoms with Crippen LogP contribution in [0, 0.1) is 11.5 Å². The molecule has 0 spiro atoms. The van der Waals surface area contributed by atoms with Gasteiger partial charge in [-0.05, 0) is 0 Å². The number of hydrogen-bond acceptors (Lipinski definition) is 3. The Balaban J connectivity index is 3.04. The molecular weight excluding hydrogens is 193 g/mol. The normalized spacial score (nSPS) is 6.83. The van der Waals surface area contributed by atoms with E-state index in [1.54, 1.807) is 7.05 Å². The molecule has 34 valence electrons. The Hall–Kier alpha value is -0.0200. The maximum Gasteiger partial charge on any atom is 0.205 e. The Bertz CT molecular complexity index is 65.7. The number of nitriles is 1. The second-order valence-electron chi connectivity index (χ2n) is 0.604. The summed E-state index contributed by atoms with van der Waals surface area (Å²) in [5, 5.41) is 7.94. The Morgan fingerprint density at radius 3 is 2.50 bits per heavy atom. The van der Waals surface area contributed by atoms with Crippen LogP contribution in [0.25, 0.3) is 0 Å². The number of rotatable bonds is 1. The van der Waals surface area contributed by atoms with Gasteiger partial charge in [0.05, 0.1) is 22.9 Å². The van der Waals surface area contributed by atoms with Crippen LogP contribution in [0.5, 0.6) is 0 Å². The van der Waals surface area contributed by atoms with Gasteiger partial charge in [0.1, 0.15) is 0 Å². The van der Waals surface area contributed by atoms with E-state index >= 15 is 0 Å². The van der Waals surface area contributed by atoms with E-state index in [-0.39, 0.29) is 0 Å². The third-order valence-corrected chi connectivity index (χ3v) is 0.982. The molecule has 0 fully saturated rings. The summed E-state index contributed by atoms with van der Waals surface area (Å²) in [6.07, 6.45) is 1.82. The summed E-state index contributed by atoms with van der Waals surface area (Å²) in [6.45, 7) is 0. The van der Waals surface area contributed by atoms with Crippen LogP contribution in [-0.4, -0.2) is 10.3 Å². The minimum absolute atomic E-state index is 1.28. The zero-order valence-electron chi connectivity index (χ0n) is 3.27. The minimum Gasteiger partial charge on any atom is -0.219 e. The van der Waals surface area contributed by atoms with Gasteiger partial charge in [-0.3, -0.25) is 0 Å². The first kappa shape index (κ1) is 5.98. The van der Waals surface area contributed by atoms with Crippen molar-refractivity contribution in [2.45, 2.75) is 0 Å². The van der Waals surface area contributed by atoms with E-state index in [4.69, 9.17) is 5.26 Å². The van der Waals surface area contributed by atoms with Crippen LogP contribution in [-0.2, 0) is 0 Å². The van der Waals surface area contributed by atoms with Gasteiger partial charge in [0, 0.05) is 7.05 Å². The molecule has 4 heteroatoms. The predicted octanol–water partition coefficient (Wildman–Crippen LogP) is 0.254. The second kappa shape index (κ2) is 3.18. The van der Waals surface area contributed by atoms with Crippen molar-refractivity contribution >= 4 is 22.9 Å².